The molecule has 20 heavy (non-hydrogen) atoms. The summed E-state index contributed by atoms with van der Waals surface area (Å²) < 4.78 is 10.7. The number of rotatable bonds is 5. The maximum absolute atomic E-state index is 6.44. The van der Waals surface area contributed by atoms with Crippen LogP contribution in [0.5, 0.6) is 11.5 Å². The zero-order chi connectivity index (χ0) is 14.4. The Morgan fingerprint density at radius 3 is 2.40 bits per heavy atom. The fourth-order valence-electron chi connectivity index (χ4n) is 3.21. The quantitative estimate of drug-likeness (QED) is 0.825. The molecule has 1 atom stereocenters. The van der Waals surface area contributed by atoms with Crippen LogP contribution in [0.4, 0.5) is 0 Å². The summed E-state index contributed by atoms with van der Waals surface area (Å²) in [6.45, 7) is 0. The largest absolute Gasteiger partial charge is 0.497 e. The van der Waals surface area contributed by atoms with Crippen molar-refractivity contribution in [2.75, 3.05) is 14.2 Å². The molecule has 1 aliphatic carbocycles. The van der Waals surface area contributed by atoms with Crippen molar-refractivity contribution in [3.63, 3.8) is 0 Å². The van der Waals surface area contributed by atoms with Crippen molar-refractivity contribution in [3.8, 4) is 11.5 Å². The topological polar surface area (TPSA) is 44.5 Å². The summed E-state index contributed by atoms with van der Waals surface area (Å²) >= 11 is 0. The monoisotopic (exact) mass is 277 g/mol. The van der Waals surface area contributed by atoms with E-state index in [0.29, 0.717) is 0 Å². The van der Waals surface area contributed by atoms with E-state index in [1.54, 1.807) is 14.2 Å². The highest BCUT2D eigenvalue weighted by atomic mass is 16.5. The van der Waals surface area contributed by atoms with Gasteiger partial charge < -0.3 is 15.2 Å². The van der Waals surface area contributed by atoms with Crippen LogP contribution in [-0.4, -0.2) is 14.2 Å². The van der Waals surface area contributed by atoms with Crippen LogP contribution in [0.1, 0.15) is 56.6 Å². The third-order valence-corrected chi connectivity index (χ3v) is 4.40. The van der Waals surface area contributed by atoms with Gasteiger partial charge in [0, 0.05) is 11.6 Å². The van der Waals surface area contributed by atoms with Crippen LogP contribution in [0.3, 0.4) is 0 Å². The van der Waals surface area contributed by atoms with Gasteiger partial charge in [0.1, 0.15) is 11.5 Å². The van der Waals surface area contributed by atoms with Gasteiger partial charge in [-0.05, 0) is 30.5 Å². The lowest BCUT2D eigenvalue weighted by molar-refractivity contribution is 0.369. The molecule has 3 heteroatoms. The molecule has 2 N–H and O–H groups in total. The molecule has 1 aliphatic rings. The van der Waals surface area contributed by atoms with Gasteiger partial charge in [-0.3, -0.25) is 0 Å². The van der Waals surface area contributed by atoms with Gasteiger partial charge in [0.05, 0.1) is 14.2 Å². The van der Waals surface area contributed by atoms with E-state index in [2.05, 4.69) is 0 Å². The van der Waals surface area contributed by atoms with Gasteiger partial charge >= 0.3 is 0 Å². The molecule has 1 saturated carbocycles. The average molecular weight is 277 g/mol. The van der Waals surface area contributed by atoms with Crippen LogP contribution >= 0.6 is 0 Å². The first-order valence-corrected chi connectivity index (χ1v) is 7.72. The van der Waals surface area contributed by atoms with Crippen LogP contribution in [0.2, 0.25) is 0 Å². The van der Waals surface area contributed by atoms with Crippen LogP contribution in [0, 0.1) is 5.92 Å². The second-order valence-electron chi connectivity index (χ2n) is 5.81. The zero-order valence-electron chi connectivity index (χ0n) is 12.7. The minimum atomic E-state index is 0.0307. The van der Waals surface area contributed by atoms with Gasteiger partial charge in [-0.25, -0.2) is 0 Å². The molecular weight excluding hydrogens is 250 g/mol. The van der Waals surface area contributed by atoms with Crippen LogP contribution < -0.4 is 15.2 Å². The van der Waals surface area contributed by atoms with Gasteiger partial charge in [-0.15, -0.1) is 0 Å². The molecule has 1 aromatic carbocycles. The lowest BCUT2D eigenvalue weighted by Crippen LogP contribution is -2.16. The van der Waals surface area contributed by atoms with Crippen molar-refractivity contribution < 1.29 is 9.47 Å². The summed E-state index contributed by atoms with van der Waals surface area (Å²) in [7, 11) is 3.38. The molecule has 0 aromatic heterocycles. The van der Waals surface area contributed by atoms with E-state index in [1.165, 1.54) is 38.5 Å². The van der Waals surface area contributed by atoms with Crippen LogP contribution in [-0.2, 0) is 0 Å². The van der Waals surface area contributed by atoms with E-state index >= 15 is 0 Å². The van der Waals surface area contributed by atoms with E-state index in [-0.39, 0.29) is 6.04 Å². The first-order chi connectivity index (χ1) is 9.74. The lowest BCUT2D eigenvalue weighted by atomic mass is 9.89. The van der Waals surface area contributed by atoms with Gasteiger partial charge in [0.25, 0.3) is 0 Å². The highest BCUT2D eigenvalue weighted by Crippen LogP contribution is 2.34. The highest BCUT2D eigenvalue weighted by molar-refractivity contribution is 5.42. The SMILES string of the molecule is COc1ccc(OC)c(C(N)CC2CCCCCC2)c1. The van der Waals surface area contributed by atoms with E-state index in [0.717, 1.165) is 29.4 Å². The van der Waals surface area contributed by atoms with E-state index in [1.807, 2.05) is 18.2 Å². The molecule has 0 heterocycles. The fourth-order valence-corrected chi connectivity index (χ4v) is 3.21. The number of benzene rings is 1. The van der Waals surface area contributed by atoms with Gasteiger partial charge in [0.2, 0.25) is 0 Å². The molecule has 0 bridgehead atoms. The summed E-state index contributed by atoms with van der Waals surface area (Å²) in [5, 5.41) is 0. The Kier molecular flexibility index (Phi) is 5.72. The number of ether oxygens (including phenoxy) is 2. The molecule has 1 aromatic rings. The molecule has 3 nitrogen and oxygen atoms in total. The Labute approximate surface area is 122 Å². The predicted molar refractivity (Wildman–Crippen MR) is 82.3 cm³/mol. The molecule has 0 radical (unpaired) electrons. The first kappa shape index (κ1) is 15.2. The first-order valence-electron chi connectivity index (χ1n) is 7.72. The normalized spacial score (nSPS) is 18.4. The minimum Gasteiger partial charge on any atom is -0.497 e. The number of hydrogen-bond acceptors (Lipinski definition) is 3. The third kappa shape index (κ3) is 3.89. The van der Waals surface area contributed by atoms with Crippen LogP contribution in [0.25, 0.3) is 0 Å². The van der Waals surface area contributed by atoms with Crippen molar-refractivity contribution in [2.45, 2.75) is 51.0 Å². The van der Waals surface area contributed by atoms with E-state index in [9.17, 15) is 0 Å². The number of hydrogen-bond donors (Lipinski definition) is 1. The Morgan fingerprint density at radius 1 is 1.10 bits per heavy atom. The Morgan fingerprint density at radius 2 is 1.80 bits per heavy atom. The summed E-state index contributed by atoms with van der Waals surface area (Å²) in [6, 6.07) is 5.91. The third-order valence-electron chi connectivity index (χ3n) is 4.40. The maximum atomic E-state index is 6.44. The van der Waals surface area contributed by atoms with Crippen LogP contribution in [0.15, 0.2) is 18.2 Å². The Bertz CT molecular complexity index is 411. The highest BCUT2D eigenvalue weighted by Gasteiger charge is 2.19. The van der Waals surface area contributed by atoms with Gasteiger partial charge in [-0.2, -0.15) is 0 Å². The Hall–Kier alpha value is -1.22. The van der Waals surface area contributed by atoms with E-state index in [4.69, 9.17) is 15.2 Å². The second-order valence-corrected chi connectivity index (χ2v) is 5.81. The smallest absolute Gasteiger partial charge is 0.123 e. The summed E-state index contributed by atoms with van der Waals surface area (Å²) in [4.78, 5) is 0. The molecule has 2 rings (SSSR count). The molecule has 0 amide bonds. The Balaban J connectivity index is 2.08. The van der Waals surface area contributed by atoms with Crippen molar-refractivity contribution >= 4 is 0 Å². The second kappa shape index (κ2) is 7.53. The van der Waals surface area contributed by atoms with Gasteiger partial charge in [0.15, 0.2) is 0 Å². The molecule has 0 aliphatic heterocycles. The van der Waals surface area contributed by atoms with Crippen molar-refractivity contribution in [1.82, 2.24) is 0 Å². The van der Waals surface area contributed by atoms with Crippen molar-refractivity contribution in [1.29, 1.82) is 0 Å². The molecule has 1 unspecified atom stereocenters. The minimum absolute atomic E-state index is 0.0307. The number of nitrogens with two attached hydrogens (primary N) is 1. The fraction of sp³-hybridized carbons (Fsp3) is 0.647. The standard InChI is InChI=1S/C17H27NO2/c1-19-14-9-10-17(20-2)15(12-14)16(18)11-13-7-5-3-4-6-8-13/h9-10,12-13,16H,3-8,11,18H2,1-2H3. The summed E-state index contributed by atoms with van der Waals surface area (Å²) in [5.41, 5.74) is 7.51. The lowest BCUT2D eigenvalue weighted by Gasteiger charge is -2.21. The maximum Gasteiger partial charge on any atom is 0.123 e. The van der Waals surface area contributed by atoms with Crippen molar-refractivity contribution in [3.05, 3.63) is 23.8 Å². The number of methoxy groups -OCH3 is 2. The average Bonchev–Trinajstić information content (AvgIpc) is 2.75. The zero-order valence-corrected chi connectivity index (χ0v) is 12.7. The van der Waals surface area contributed by atoms with E-state index < -0.39 is 0 Å². The van der Waals surface area contributed by atoms with Gasteiger partial charge in [-0.1, -0.05) is 38.5 Å². The molecule has 112 valence electrons. The summed E-state index contributed by atoms with van der Waals surface area (Å²) in [5.74, 6) is 2.47. The molecule has 0 spiro atoms. The predicted octanol–water partition coefficient (Wildman–Crippen LogP) is 4.06. The molecule has 1 fully saturated rings. The molecular formula is C17H27NO2. The van der Waals surface area contributed by atoms with Crippen molar-refractivity contribution in [2.24, 2.45) is 11.7 Å². The summed E-state index contributed by atoms with van der Waals surface area (Å²) in [6.07, 6.45) is 9.16. The molecule has 0 saturated heterocycles.